The van der Waals surface area contributed by atoms with Crippen LogP contribution < -0.4 is 5.32 Å². The van der Waals surface area contributed by atoms with Crippen LogP contribution in [0.3, 0.4) is 0 Å². The van der Waals surface area contributed by atoms with Gasteiger partial charge in [-0.25, -0.2) is 8.42 Å². The van der Waals surface area contributed by atoms with E-state index in [-0.39, 0.29) is 16.8 Å². The molecule has 1 heterocycles. The summed E-state index contributed by atoms with van der Waals surface area (Å²) in [7, 11) is -3.19. The topological polar surface area (TPSA) is 63.2 Å². The van der Waals surface area contributed by atoms with E-state index in [4.69, 9.17) is 0 Å². The average Bonchev–Trinajstić information content (AvgIpc) is 2.99. The van der Waals surface area contributed by atoms with Crippen molar-refractivity contribution in [3.63, 3.8) is 0 Å². The predicted molar refractivity (Wildman–Crippen MR) is 96.6 cm³/mol. The number of sulfone groups is 1. The minimum absolute atomic E-state index is 0.0220. The first-order valence-corrected chi connectivity index (χ1v) is 11.0. The van der Waals surface area contributed by atoms with Crippen molar-refractivity contribution in [3.05, 3.63) is 52.2 Å². The van der Waals surface area contributed by atoms with E-state index in [9.17, 15) is 13.2 Å². The van der Waals surface area contributed by atoms with Crippen LogP contribution in [0.5, 0.6) is 0 Å². The van der Waals surface area contributed by atoms with Crippen LogP contribution in [0.2, 0.25) is 0 Å². The van der Waals surface area contributed by atoms with Gasteiger partial charge in [0.05, 0.1) is 16.7 Å². The summed E-state index contributed by atoms with van der Waals surface area (Å²) in [6.07, 6.45) is 1.18. The van der Waals surface area contributed by atoms with Crippen molar-refractivity contribution in [1.82, 2.24) is 5.32 Å². The number of thiophene rings is 1. The maximum absolute atomic E-state index is 12.0. The number of amides is 1. The SMILES string of the molecule is C[C@H](NC(=O)CSCc1cccs1)c1ccc(S(C)(=O)=O)cc1. The summed E-state index contributed by atoms with van der Waals surface area (Å²) in [6.45, 7) is 1.89. The molecule has 1 N–H and O–H groups in total. The third-order valence-corrected chi connectivity index (χ3v) is 6.41. The van der Waals surface area contributed by atoms with Gasteiger partial charge in [-0.1, -0.05) is 18.2 Å². The second kappa shape index (κ2) is 7.99. The van der Waals surface area contributed by atoms with Gasteiger partial charge in [0.2, 0.25) is 5.91 Å². The highest BCUT2D eigenvalue weighted by atomic mass is 32.2. The summed E-state index contributed by atoms with van der Waals surface area (Å²) in [4.78, 5) is 13.5. The zero-order chi connectivity index (χ0) is 16.9. The van der Waals surface area contributed by atoms with Gasteiger partial charge in [-0.3, -0.25) is 4.79 Å². The van der Waals surface area contributed by atoms with Gasteiger partial charge < -0.3 is 5.32 Å². The van der Waals surface area contributed by atoms with Gasteiger partial charge in [0.25, 0.3) is 0 Å². The molecule has 0 aliphatic heterocycles. The van der Waals surface area contributed by atoms with E-state index >= 15 is 0 Å². The van der Waals surface area contributed by atoms with Gasteiger partial charge in [-0.05, 0) is 36.1 Å². The van der Waals surface area contributed by atoms with Gasteiger partial charge in [0, 0.05) is 16.9 Å². The van der Waals surface area contributed by atoms with Crippen molar-refractivity contribution in [1.29, 1.82) is 0 Å². The third kappa shape index (κ3) is 5.67. The largest absolute Gasteiger partial charge is 0.349 e. The highest BCUT2D eigenvalue weighted by molar-refractivity contribution is 7.99. The van der Waals surface area contributed by atoms with Crippen LogP contribution in [-0.2, 0) is 20.4 Å². The van der Waals surface area contributed by atoms with Crippen LogP contribution in [0.4, 0.5) is 0 Å². The molecule has 1 amide bonds. The molecule has 0 saturated carbocycles. The Morgan fingerprint density at radius 1 is 1.26 bits per heavy atom. The number of carbonyl (C=O) groups is 1. The van der Waals surface area contributed by atoms with Crippen LogP contribution in [0.15, 0.2) is 46.7 Å². The Bertz CT molecular complexity index is 737. The Hall–Kier alpha value is -1.31. The van der Waals surface area contributed by atoms with Crippen molar-refractivity contribution >= 4 is 38.8 Å². The number of thioether (sulfide) groups is 1. The summed E-state index contributed by atoms with van der Waals surface area (Å²) in [5, 5.41) is 4.95. The lowest BCUT2D eigenvalue weighted by atomic mass is 10.1. The molecule has 0 unspecified atom stereocenters. The van der Waals surface area contributed by atoms with E-state index in [1.165, 1.54) is 11.1 Å². The summed E-state index contributed by atoms with van der Waals surface area (Å²) in [5.74, 6) is 1.22. The summed E-state index contributed by atoms with van der Waals surface area (Å²) >= 11 is 3.27. The van der Waals surface area contributed by atoms with E-state index in [1.54, 1.807) is 47.4 Å². The quantitative estimate of drug-likeness (QED) is 0.814. The van der Waals surface area contributed by atoms with E-state index < -0.39 is 9.84 Å². The second-order valence-corrected chi connectivity index (χ2v) is 9.24. The average molecular weight is 370 g/mol. The van der Waals surface area contributed by atoms with E-state index in [2.05, 4.69) is 11.4 Å². The molecular formula is C16H19NO3S3. The monoisotopic (exact) mass is 369 g/mol. The Kier molecular flexibility index (Phi) is 6.26. The fourth-order valence-corrected chi connectivity index (χ4v) is 4.32. The van der Waals surface area contributed by atoms with Crippen molar-refractivity contribution in [2.24, 2.45) is 0 Å². The predicted octanol–water partition coefficient (Wildman–Crippen LogP) is 3.26. The fourth-order valence-electron chi connectivity index (χ4n) is 2.01. The number of rotatable bonds is 7. The van der Waals surface area contributed by atoms with Gasteiger partial charge in [-0.15, -0.1) is 23.1 Å². The zero-order valence-electron chi connectivity index (χ0n) is 13.0. The Morgan fingerprint density at radius 3 is 2.52 bits per heavy atom. The number of hydrogen-bond donors (Lipinski definition) is 1. The lowest BCUT2D eigenvalue weighted by Gasteiger charge is -2.14. The highest BCUT2D eigenvalue weighted by Crippen LogP contribution is 2.18. The minimum atomic E-state index is -3.19. The summed E-state index contributed by atoms with van der Waals surface area (Å²) < 4.78 is 22.9. The molecular weight excluding hydrogens is 350 g/mol. The van der Waals surface area contributed by atoms with E-state index in [0.717, 1.165) is 11.3 Å². The maximum Gasteiger partial charge on any atom is 0.230 e. The lowest BCUT2D eigenvalue weighted by molar-refractivity contribution is -0.119. The summed E-state index contributed by atoms with van der Waals surface area (Å²) in [5.41, 5.74) is 0.883. The standard InChI is InChI=1S/C16H19NO3S3/c1-12(13-5-7-15(8-6-13)23(2,19)20)17-16(18)11-21-10-14-4-3-9-22-14/h3-9,12H,10-11H2,1-2H3,(H,17,18)/t12-/m0/s1. The molecule has 7 heteroatoms. The zero-order valence-corrected chi connectivity index (χ0v) is 15.4. The van der Waals surface area contributed by atoms with Crippen LogP contribution in [0.25, 0.3) is 0 Å². The fraction of sp³-hybridized carbons (Fsp3) is 0.312. The van der Waals surface area contributed by atoms with Crippen LogP contribution >= 0.6 is 23.1 Å². The molecule has 0 saturated heterocycles. The van der Waals surface area contributed by atoms with Gasteiger partial charge >= 0.3 is 0 Å². The number of carbonyl (C=O) groups excluding carboxylic acids is 1. The smallest absolute Gasteiger partial charge is 0.230 e. The first kappa shape index (κ1) is 18.0. The maximum atomic E-state index is 12.0. The van der Waals surface area contributed by atoms with Crippen molar-refractivity contribution in [2.45, 2.75) is 23.6 Å². The summed E-state index contributed by atoms with van der Waals surface area (Å²) in [6, 6.07) is 10.5. The van der Waals surface area contributed by atoms with Crippen LogP contribution in [-0.4, -0.2) is 26.3 Å². The Balaban J connectivity index is 1.83. The molecule has 2 aromatic rings. The third-order valence-electron chi connectivity index (χ3n) is 3.24. The molecule has 0 radical (unpaired) electrons. The Morgan fingerprint density at radius 2 is 1.96 bits per heavy atom. The number of benzene rings is 1. The van der Waals surface area contributed by atoms with Crippen LogP contribution in [0, 0.1) is 0 Å². The normalized spacial score (nSPS) is 12.8. The van der Waals surface area contributed by atoms with Crippen molar-refractivity contribution in [2.75, 3.05) is 12.0 Å². The number of nitrogens with one attached hydrogen (secondary N) is 1. The first-order valence-electron chi connectivity index (χ1n) is 7.06. The van der Waals surface area contributed by atoms with Crippen molar-refractivity contribution in [3.8, 4) is 0 Å². The van der Waals surface area contributed by atoms with Crippen LogP contribution in [0.1, 0.15) is 23.4 Å². The highest BCUT2D eigenvalue weighted by Gasteiger charge is 2.12. The second-order valence-electron chi connectivity index (χ2n) is 5.20. The van der Waals surface area contributed by atoms with Gasteiger partial charge in [0.15, 0.2) is 9.84 Å². The minimum Gasteiger partial charge on any atom is -0.349 e. The molecule has 2 rings (SSSR count). The molecule has 0 aliphatic carbocycles. The van der Waals surface area contributed by atoms with E-state index in [0.29, 0.717) is 5.75 Å². The molecule has 1 atom stereocenters. The number of hydrogen-bond acceptors (Lipinski definition) is 5. The molecule has 4 nitrogen and oxygen atoms in total. The molecule has 124 valence electrons. The first-order chi connectivity index (χ1) is 10.9. The molecule has 0 bridgehead atoms. The van der Waals surface area contributed by atoms with Gasteiger partial charge in [-0.2, -0.15) is 0 Å². The molecule has 1 aromatic heterocycles. The lowest BCUT2D eigenvalue weighted by Crippen LogP contribution is -2.28. The van der Waals surface area contributed by atoms with E-state index in [1.807, 2.05) is 18.4 Å². The molecule has 0 fully saturated rings. The molecule has 0 aliphatic rings. The van der Waals surface area contributed by atoms with Crippen molar-refractivity contribution < 1.29 is 13.2 Å². The molecule has 23 heavy (non-hydrogen) atoms. The molecule has 0 spiro atoms. The molecule has 1 aromatic carbocycles. The Labute approximate surface area is 145 Å². The van der Waals surface area contributed by atoms with Gasteiger partial charge in [0.1, 0.15) is 0 Å².